The van der Waals surface area contributed by atoms with E-state index in [4.69, 9.17) is 0 Å². The van der Waals surface area contributed by atoms with Crippen LogP contribution in [0.1, 0.15) is 30.3 Å². The van der Waals surface area contributed by atoms with Crippen LogP contribution in [-0.2, 0) is 0 Å². The lowest BCUT2D eigenvalue weighted by molar-refractivity contribution is 0.101. The minimum Gasteiger partial charge on any atom is -0.394 e. The van der Waals surface area contributed by atoms with Crippen molar-refractivity contribution in [1.29, 1.82) is 0 Å². The summed E-state index contributed by atoms with van der Waals surface area (Å²) in [5.41, 5.74) is 1.48. The number of aliphatic hydroxyl groups excluding tert-OH is 1. The van der Waals surface area contributed by atoms with Crippen molar-refractivity contribution in [3.63, 3.8) is 0 Å². The molecular weight excluding hydrogens is 204 g/mol. The standard InChI is InChI=1S/C12H16N2O2/c1-9(16)12-5-4-10(7-13-12)14-6-2-3-11(14)8-15/h4-5,7,11,15H,2-3,6,8H2,1H3. The molecule has 16 heavy (non-hydrogen) atoms. The van der Waals surface area contributed by atoms with Crippen LogP contribution in [0.25, 0.3) is 0 Å². The number of carbonyl (C=O) groups excluding carboxylic acids is 1. The van der Waals surface area contributed by atoms with Gasteiger partial charge >= 0.3 is 0 Å². The van der Waals surface area contributed by atoms with Crippen molar-refractivity contribution >= 4 is 11.5 Å². The van der Waals surface area contributed by atoms with E-state index in [9.17, 15) is 9.90 Å². The molecule has 1 atom stereocenters. The molecule has 86 valence electrons. The average molecular weight is 220 g/mol. The van der Waals surface area contributed by atoms with Crippen molar-refractivity contribution in [3.05, 3.63) is 24.0 Å². The Balaban J connectivity index is 2.18. The summed E-state index contributed by atoms with van der Waals surface area (Å²) in [5.74, 6) is -0.0216. The summed E-state index contributed by atoms with van der Waals surface area (Å²) < 4.78 is 0. The van der Waals surface area contributed by atoms with Crippen LogP contribution in [0.2, 0.25) is 0 Å². The predicted octanol–water partition coefficient (Wildman–Crippen LogP) is 1.25. The Morgan fingerprint density at radius 3 is 3.00 bits per heavy atom. The van der Waals surface area contributed by atoms with Gasteiger partial charge in [-0.05, 0) is 25.0 Å². The molecule has 0 aliphatic carbocycles. The maximum Gasteiger partial charge on any atom is 0.178 e. The Bertz CT molecular complexity index is 375. The van der Waals surface area contributed by atoms with Crippen molar-refractivity contribution < 1.29 is 9.90 Å². The van der Waals surface area contributed by atoms with E-state index >= 15 is 0 Å². The van der Waals surface area contributed by atoms with E-state index in [-0.39, 0.29) is 18.4 Å². The van der Waals surface area contributed by atoms with E-state index in [1.165, 1.54) is 6.92 Å². The molecule has 1 aromatic heterocycles. The molecule has 0 saturated carbocycles. The molecule has 1 aromatic rings. The Morgan fingerprint density at radius 1 is 1.62 bits per heavy atom. The lowest BCUT2D eigenvalue weighted by atomic mass is 10.2. The number of hydrogen-bond acceptors (Lipinski definition) is 4. The number of pyridine rings is 1. The molecule has 0 spiro atoms. The first-order valence-electron chi connectivity index (χ1n) is 5.57. The number of rotatable bonds is 3. The summed E-state index contributed by atoms with van der Waals surface area (Å²) in [4.78, 5) is 17.4. The second kappa shape index (κ2) is 4.61. The van der Waals surface area contributed by atoms with E-state index in [0.717, 1.165) is 25.1 Å². The lowest BCUT2D eigenvalue weighted by Gasteiger charge is -2.24. The Kier molecular flexibility index (Phi) is 3.19. The topological polar surface area (TPSA) is 53.4 Å². The summed E-state index contributed by atoms with van der Waals surface area (Å²) in [6.45, 7) is 2.63. The highest BCUT2D eigenvalue weighted by Gasteiger charge is 2.24. The van der Waals surface area contributed by atoms with Gasteiger partial charge in [-0.1, -0.05) is 0 Å². The summed E-state index contributed by atoms with van der Waals surface area (Å²) in [6.07, 6.45) is 3.83. The number of carbonyl (C=O) groups is 1. The number of hydrogen-bond donors (Lipinski definition) is 1. The average Bonchev–Trinajstić information content (AvgIpc) is 2.77. The molecule has 1 fully saturated rings. The van der Waals surface area contributed by atoms with Crippen LogP contribution in [0.4, 0.5) is 5.69 Å². The highest BCUT2D eigenvalue weighted by molar-refractivity contribution is 5.92. The smallest absolute Gasteiger partial charge is 0.178 e. The number of nitrogens with zero attached hydrogens (tertiary/aromatic N) is 2. The molecule has 0 radical (unpaired) electrons. The van der Waals surface area contributed by atoms with Crippen LogP contribution < -0.4 is 4.90 Å². The molecular formula is C12H16N2O2. The zero-order valence-corrected chi connectivity index (χ0v) is 9.39. The fraction of sp³-hybridized carbons (Fsp3) is 0.500. The second-order valence-electron chi connectivity index (χ2n) is 4.13. The van der Waals surface area contributed by atoms with Crippen molar-refractivity contribution in [3.8, 4) is 0 Å². The summed E-state index contributed by atoms with van der Waals surface area (Å²) in [6, 6.07) is 3.84. The quantitative estimate of drug-likeness (QED) is 0.779. The Labute approximate surface area is 94.9 Å². The monoisotopic (exact) mass is 220 g/mol. The van der Waals surface area contributed by atoms with E-state index in [0.29, 0.717) is 5.69 Å². The SMILES string of the molecule is CC(=O)c1ccc(N2CCCC2CO)cn1. The van der Waals surface area contributed by atoms with Gasteiger partial charge in [0, 0.05) is 13.5 Å². The first-order valence-corrected chi connectivity index (χ1v) is 5.57. The Hall–Kier alpha value is -1.42. The maximum atomic E-state index is 11.1. The molecule has 2 heterocycles. The number of aromatic nitrogens is 1. The molecule has 1 aliphatic heterocycles. The van der Waals surface area contributed by atoms with Gasteiger partial charge < -0.3 is 10.0 Å². The maximum absolute atomic E-state index is 11.1. The van der Waals surface area contributed by atoms with Crippen LogP contribution in [0.5, 0.6) is 0 Å². The first kappa shape index (κ1) is 11.1. The number of ketones is 1. The third-order valence-electron chi connectivity index (χ3n) is 3.03. The van der Waals surface area contributed by atoms with E-state index in [1.807, 2.05) is 6.07 Å². The molecule has 0 aromatic carbocycles. The van der Waals surface area contributed by atoms with Crippen molar-refractivity contribution in [2.24, 2.45) is 0 Å². The molecule has 1 unspecified atom stereocenters. The molecule has 0 amide bonds. The van der Waals surface area contributed by atoms with Crippen LogP contribution in [-0.4, -0.2) is 35.1 Å². The van der Waals surface area contributed by atoms with E-state index < -0.39 is 0 Å². The van der Waals surface area contributed by atoms with Crippen LogP contribution in [0, 0.1) is 0 Å². The largest absolute Gasteiger partial charge is 0.394 e. The molecule has 2 rings (SSSR count). The normalized spacial score (nSPS) is 20.1. The van der Waals surface area contributed by atoms with Crippen molar-refractivity contribution in [1.82, 2.24) is 4.98 Å². The highest BCUT2D eigenvalue weighted by Crippen LogP contribution is 2.24. The van der Waals surface area contributed by atoms with Crippen molar-refractivity contribution in [2.75, 3.05) is 18.1 Å². The fourth-order valence-electron chi connectivity index (χ4n) is 2.13. The molecule has 0 bridgehead atoms. The van der Waals surface area contributed by atoms with Gasteiger partial charge in [-0.15, -0.1) is 0 Å². The number of anilines is 1. The minimum absolute atomic E-state index is 0.0216. The van der Waals surface area contributed by atoms with Gasteiger partial charge in [0.1, 0.15) is 5.69 Å². The van der Waals surface area contributed by atoms with Gasteiger partial charge in [0.25, 0.3) is 0 Å². The van der Waals surface area contributed by atoms with Gasteiger partial charge in [0.2, 0.25) is 0 Å². The fourth-order valence-corrected chi connectivity index (χ4v) is 2.13. The summed E-state index contributed by atoms with van der Waals surface area (Å²) in [7, 11) is 0. The van der Waals surface area contributed by atoms with Crippen LogP contribution in [0.3, 0.4) is 0 Å². The van der Waals surface area contributed by atoms with E-state index in [2.05, 4.69) is 9.88 Å². The van der Waals surface area contributed by atoms with Crippen LogP contribution >= 0.6 is 0 Å². The minimum atomic E-state index is -0.0216. The van der Waals surface area contributed by atoms with Crippen molar-refractivity contribution in [2.45, 2.75) is 25.8 Å². The number of aliphatic hydroxyl groups is 1. The first-order chi connectivity index (χ1) is 7.72. The second-order valence-corrected chi connectivity index (χ2v) is 4.13. The predicted molar refractivity (Wildman–Crippen MR) is 61.7 cm³/mol. The molecule has 4 nitrogen and oxygen atoms in total. The zero-order valence-electron chi connectivity index (χ0n) is 9.39. The molecule has 1 aliphatic rings. The Morgan fingerprint density at radius 2 is 2.44 bits per heavy atom. The number of Topliss-reactive ketones (excluding diaryl/α,β-unsaturated/α-hetero) is 1. The molecule has 1 saturated heterocycles. The molecule has 4 heteroatoms. The van der Waals surface area contributed by atoms with E-state index in [1.54, 1.807) is 12.3 Å². The third kappa shape index (κ3) is 2.07. The summed E-state index contributed by atoms with van der Waals surface area (Å²) in [5, 5.41) is 9.22. The van der Waals surface area contributed by atoms with Gasteiger partial charge in [-0.25, -0.2) is 0 Å². The van der Waals surface area contributed by atoms with Gasteiger partial charge in [0.05, 0.1) is 24.5 Å². The van der Waals surface area contributed by atoms with Gasteiger partial charge in [-0.3, -0.25) is 9.78 Å². The van der Waals surface area contributed by atoms with Gasteiger partial charge in [-0.2, -0.15) is 0 Å². The van der Waals surface area contributed by atoms with Gasteiger partial charge in [0.15, 0.2) is 5.78 Å². The van der Waals surface area contributed by atoms with Crippen LogP contribution in [0.15, 0.2) is 18.3 Å². The zero-order chi connectivity index (χ0) is 11.5. The lowest BCUT2D eigenvalue weighted by Crippen LogP contribution is -2.32. The highest BCUT2D eigenvalue weighted by atomic mass is 16.3. The third-order valence-corrected chi connectivity index (χ3v) is 3.03. The summed E-state index contributed by atoms with van der Waals surface area (Å²) >= 11 is 0. The molecule has 1 N–H and O–H groups in total.